The smallest absolute Gasteiger partial charge is 0.242 e. The van der Waals surface area contributed by atoms with Gasteiger partial charge in [0.25, 0.3) is 0 Å². The number of amides is 3. The predicted molar refractivity (Wildman–Crippen MR) is 62.0 cm³/mol. The first-order valence-corrected chi connectivity index (χ1v) is 5.87. The van der Waals surface area contributed by atoms with E-state index in [-0.39, 0.29) is 30.7 Å². The molecule has 1 heterocycles. The van der Waals surface area contributed by atoms with Crippen LogP contribution >= 0.6 is 12.6 Å². The third-order valence-corrected chi connectivity index (χ3v) is 2.76. The Morgan fingerprint density at radius 2 is 2.25 bits per heavy atom. The van der Waals surface area contributed by atoms with Crippen molar-refractivity contribution in [2.45, 2.75) is 31.4 Å². The van der Waals surface area contributed by atoms with E-state index in [2.05, 4.69) is 17.9 Å². The number of thiol groups is 1. The number of nitrogens with zero attached hydrogens (tertiary/aromatic N) is 1. The van der Waals surface area contributed by atoms with Crippen LogP contribution in [0.25, 0.3) is 0 Å². The molecule has 0 radical (unpaired) electrons. The first-order valence-electron chi connectivity index (χ1n) is 5.35. The molecule has 1 unspecified atom stereocenters. The molecule has 1 atom stereocenters. The summed E-state index contributed by atoms with van der Waals surface area (Å²) in [6, 6.07) is 0. The van der Waals surface area contributed by atoms with Crippen molar-refractivity contribution in [2.75, 3.05) is 13.1 Å². The van der Waals surface area contributed by atoms with E-state index in [0.717, 1.165) is 11.3 Å². The summed E-state index contributed by atoms with van der Waals surface area (Å²) in [6.45, 7) is 2.47. The standard InChI is InChI=1S/C10H16N2O3S/c1-2-3-8(13)11-4-5-12-9(14)6-7(16)10(12)15/h7,16H,2-6H2,1H3,(H,11,13). The molecule has 3 amide bonds. The van der Waals surface area contributed by atoms with Crippen molar-refractivity contribution in [3.8, 4) is 0 Å². The average Bonchev–Trinajstić information content (AvgIpc) is 2.45. The molecule has 1 fully saturated rings. The molecule has 1 N–H and O–H groups in total. The quantitative estimate of drug-likeness (QED) is 0.527. The summed E-state index contributed by atoms with van der Waals surface area (Å²) in [4.78, 5) is 35.1. The summed E-state index contributed by atoms with van der Waals surface area (Å²) in [6.07, 6.45) is 1.41. The minimum absolute atomic E-state index is 0.0518. The Balaban J connectivity index is 2.30. The molecule has 0 bridgehead atoms. The Kier molecular flexibility index (Phi) is 4.79. The molecule has 16 heavy (non-hydrogen) atoms. The number of rotatable bonds is 5. The van der Waals surface area contributed by atoms with Crippen molar-refractivity contribution in [3.63, 3.8) is 0 Å². The zero-order chi connectivity index (χ0) is 12.1. The first-order chi connectivity index (χ1) is 7.56. The van der Waals surface area contributed by atoms with E-state index in [0.29, 0.717) is 13.0 Å². The van der Waals surface area contributed by atoms with Crippen molar-refractivity contribution in [2.24, 2.45) is 0 Å². The van der Waals surface area contributed by atoms with Crippen molar-refractivity contribution in [1.82, 2.24) is 10.2 Å². The minimum atomic E-state index is -0.515. The van der Waals surface area contributed by atoms with Gasteiger partial charge in [-0.15, -0.1) is 0 Å². The van der Waals surface area contributed by atoms with Gasteiger partial charge in [0, 0.05) is 25.9 Å². The van der Waals surface area contributed by atoms with Crippen LogP contribution in [-0.4, -0.2) is 41.0 Å². The van der Waals surface area contributed by atoms with E-state index < -0.39 is 5.25 Å². The fraction of sp³-hybridized carbons (Fsp3) is 0.700. The maximum absolute atomic E-state index is 11.4. The van der Waals surface area contributed by atoms with Crippen LogP contribution in [0.5, 0.6) is 0 Å². The summed E-state index contributed by atoms with van der Waals surface area (Å²) in [5.74, 6) is -0.531. The van der Waals surface area contributed by atoms with Gasteiger partial charge in [-0.05, 0) is 6.42 Å². The van der Waals surface area contributed by atoms with Crippen LogP contribution in [0.2, 0.25) is 0 Å². The summed E-state index contributed by atoms with van der Waals surface area (Å²) >= 11 is 4.00. The normalized spacial score (nSPS) is 20.4. The molecule has 0 aromatic rings. The van der Waals surface area contributed by atoms with Crippen molar-refractivity contribution >= 4 is 30.4 Å². The second-order valence-electron chi connectivity index (χ2n) is 3.70. The lowest BCUT2D eigenvalue weighted by atomic mass is 10.3. The zero-order valence-corrected chi connectivity index (χ0v) is 10.1. The highest BCUT2D eigenvalue weighted by Gasteiger charge is 2.35. The Morgan fingerprint density at radius 3 is 2.75 bits per heavy atom. The van der Waals surface area contributed by atoms with Crippen molar-refractivity contribution in [1.29, 1.82) is 0 Å². The van der Waals surface area contributed by atoms with E-state index in [1.54, 1.807) is 0 Å². The van der Waals surface area contributed by atoms with Gasteiger partial charge >= 0.3 is 0 Å². The van der Waals surface area contributed by atoms with Crippen LogP contribution in [0.3, 0.4) is 0 Å². The molecule has 1 saturated heterocycles. The van der Waals surface area contributed by atoms with Crippen LogP contribution in [0.15, 0.2) is 0 Å². The Labute approximate surface area is 100.0 Å². The minimum Gasteiger partial charge on any atom is -0.354 e. The molecule has 1 aliphatic heterocycles. The Morgan fingerprint density at radius 1 is 1.56 bits per heavy atom. The van der Waals surface area contributed by atoms with Gasteiger partial charge in [-0.25, -0.2) is 0 Å². The molecular formula is C10H16N2O3S. The van der Waals surface area contributed by atoms with E-state index in [9.17, 15) is 14.4 Å². The molecule has 0 aromatic carbocycles. The molecule has 5 nitrogen and oxygen atoms in total. The van der Waals surface area contributed by atoms with Gasteiger partial charge in [-0.2, -0.15) is 12.6 Å². The Hall–Kier alpha value is -1.04. The van der Waals surface area contributed by atoms with Gasteiger partial charge in [-0.3, -0.25) is 19.3 Å². The van der Waals surface area contributed by atoms with Gasteiger partial charge in [-0.1, -0.05) is 6.92 Å². The number of hydrogen-bond donors (Lipinski definition) is 2. The van der Waals surface area contributed by atoms with Gasteiger partial charge in [0.1, 0.15) is 0 Å². The molecule has 0 spiro atoms. The molecular weight excluding hydrogens is 228 g/mol. The maximum atomic E-state index is 11.4. The first kappa shape index (κ1) is 13.0. The molecule has 90 valence electrons. The van der Waals surface area contributed by atoms with Gasteiger partial charge < -0.3 is 5.32 Å². The zero-order valence-electron chi connectivity index (χ0n) is 9.23. The molecule has 0 aliphatic carbocycles. The monoisotopic (exact) mass is 244 g/mol. The Bertz CT molecular complexity index is 306. The third-order valence-electron chi connectivity index (χ3n) is 2.35. The van der Waals surface area contributed by atoms with E-state index in [1.165, 1.54) is 0 Å². The van der Waals surface area contributed by atoms with Gasteiger partial charge in [0.15, 0.2) is 0 Å². The molecule has 6 heteroatoms. The molecule has 1 rings (SSSR count). The van der Waals surface area contributed by atoms with E-state index in [4.69, 9.17) is 0 Å². The summed E-state index contributed by atoms with van der Waals surface area (Å²) in [7, 11) is 0. The number of likely N-dealkylation sites (tertiary alicyclic amines) is 1. The number of imide groups is 1. The fourth-order valence-corrected chi connectivity index (χ4v) is 1.82. The third kappa shape index (κ3) is 3.23. The molecule has 0 aromatic heterocycles. The number of carbonyl (C=O) groups excluding carboxylic acids is 3. The number of carbonyl (C=O) groups is 3. The highest BCUT2D eigenvalue weighted by atomic mass is 32.1. The largest absolute Gasteiger partial charge is 0.354 e. The van der Waals surface area contributed by atoms with Crippen LogP contribution < -0.4 is 5.32 Å². The van der Waals surface area contributed by atoms with E-state index >= 15 is 0 Å². The summed E-state index contributed by atoms with van der Waals surface area (Å²) in [5.41, 5.74) is 0. The van der Waals surface area contributed by atoms with Crippen LogP contribution in [0.4, 0.5) is 0 Å². The number of nitrogens with one attached hydrogen (secondary N) is 1. The highest BCUT2D eigenvalue weighted by molar-refractivity contribution is 7.81. The van der Waals surface area contributed by atoms with Crippen molar-refractivity contribution < 1.29 is 14.4 Å². The molecule has 1 aliphatic rings. The second kappa shape index (κ2) is 5.89. The lowest BCUT2D eigenvalue weighted by Crippen LogP contribution is -2.38. The number of hydrogen-bond acceptors (Lipinski definition) is 4. The van der Waals surface area contributed by atoms with E-state index in [1.807, 2.05) is 6.92 Å². The SMILES string of the molecule is CCCC(=O)NCCN1C(=O)CC(S)C1=O. The van der Waals surface area contributed by atoms with Crippen LogP contribution in [0, 0.1) is 0 Å². The lowest BCUT2D eigenvalue weighted by Gasteiger charge is -2.14. The maximum Gasteiger partial charge on any atom is 0.242 e. The summed E-state index contributed by atoms with van der Waals surface area (Å²) < 4.78 is 0. The second-order valence-corrected chi connectivity index (χ2v) is 4.33. The van der Waals surface area contributed by atoms with Crippen LogP contribution in [0.1, 0.15) is 26.2 Å². The topological polar surface area (TPSA) is 66.5 Å². The van der Waals surface area contributed by atoms with Gasteiger partial charge in [0.2, 0.25) is 17.7 Å². The fourth-order valence-electron chi connectivity index (χ4n) is 1.52. The van der Waals surface area contributed by atoms with Crippen molar-refractivity contribution in [3.05, 3.63) is 0 Å². The lowest BCUT2D eigenvalue weighted by molar-refractivity contribution is -0.138. The predicted octanol–water partition coefficient (Wildman–Crippen LogP) is -0.0400. The van der Waals surface area contributed by atoms with Crippen LogP contribution in [-0.2, 0) is 14.4 Å². The van der Waals surface area contributed by atoms with Gasteiger partial charge in [0.05, 0.1) is 5.25 Å². The highest BCUT2D eigenvalue weighted by Crippen LogP contribution is 2.16. The average molecular weight is 244 g/mol. The molecule has 0 saturated carbocycles. The summed E-state index contributed by atoms with van der Waals surface area (Å²) in [5, 5.41) is 2.14.